The van der Waals surface area contributed by atoms with Gasteiger partial charge in [0.15, 0.2) is 0 Å². The van der Waals surface area contributed by atoms with Crippen molar-refractivity contribution in [2.75, 3.05) is 13.6 Å². The molecular weight excluding hydrogens is 284 g/mol. The molecule has 0 saturated heterocycles. The molecule has 2 rings (SSSR count). The molecule has 1 unspecified atom stereocenters. The zero-order valence-electron chi connectivity index (χ0n) is 13.1. The van der Waals surface area contributed by atoms with Crippen molar-refractivity contribution in [2.24, 2.45) is 5.41 Å². The third-order valence-electron chi connectivity index (χ3n) is 4.90. The lowest BCUT2D eigenvalue weighted by molar-refractivity contribution is 0.133. The molecule has 1 aliphatic rings. The minimum absolute atomic E-state index is 0.133. The van der Waals surface area contributed by atoms with E-state index < -0.39 is 10.0 Å². The molecule has 2 N–H and O–H groups in total. The van der Waals surface area contributed by atoms with Crippen molar-refractivity contribution in [1.82, 2.24) is 10.0 Å². The van der Waals surface area contributed by atoms with Crippen LogP contribution in [0.5, 0.6) is 0 Å². The van der Waals surface area contributed by atoms with Gasteiger partial charge in [-0.2, -0.15) is 0 Å². The van der Waals surface area contributed by atoms with Crippen LogP contribution in [0.2, 0.25) is 0 Å². The van der Waals surface area contributed by atoms with Gasteiger partial charge in [0.2, 0.25) is 10.0 Å². The van der Waals surface area contributed by atoms with Gasteiger partial charge >= 0.3 is 0 Å². The first-order valence-electron chi connectivity index (χ1n) is 7.69. The number of hydrogen-bond acceptors (Lipinski definition) is 3. The van der Waals surface area contributed by atoms with Crippen LogP contribution in [-0.4, -0.2) is 22.0 Å². The monoisotopic (exact) mass is 310 g/mol. The van der Waals surface area contributed by atoms with E-state index in [1.807, 2.05) is 20.0 Å². The van der Waals surface area contributed by atoms with Crippen LogP contribution in [0.15, 0.2) is 29.2 Å². The van der Waals surface area contributed by atoms with Gasteiger partial charge in [-0.3, -0.25) is 0 Å². The van der Waals surface area contributed by atoms with Crippen molar-refractivity contribution < 1.29 is 8.42 Å². The van der Waals surface area contributed by atoms with Crippen LogP contribution >= 0.6 is 0 Å². The van der Waals surface area contributed by atoms with E-state index in [0.29, 0.717) is 11.4 Å². The number of hydrogen-bond donors (Lipinski definition) is 2. The van der Waals surface area contributed by atoms with Crippen molar-refractivity contribution >= 4 is 10.0 Å². The standard InChI is InChI=1S/C16H26N2O2S/c1-4-16(9-6-10-16)12-18-21(19,20)15-8-5-7-14(11-15)13(2)17-3/h5,7-8,11,13,17-18H,4,6,9-10,12H2,1-3H3. The highest BCUT2D eigenvalue weighted by molar-refractivity contribution is 7.89. The van der Waals surface area contributed by atoms with Crippen LogP contribution in [0.3, 0.4) is 0 Å². The molecule has 21 heavy (non-hydrogen) atoms. The summed E-state index contributed by atoms with van der Waals surface area (Å²) in [5.74, 6) is 0. The number of sulfonamides is 1. The normalized spacial score (nSPS) is 19.0. The van der Waals surface area contributed by atoms with E-state index in [1.54, 1.807) is 18.2 Å². The molecule has 0 radical (unpaired) electrons. The molecule has 0 amide bonds. The first kappa shape index (κ1) is 16.5. The largest absolute Gasteiger partial charge is 0.313 e. The second-order valence-corrected chi connectivity index (χ2v) is 7.88. The molecule has 118 valence electrons. The van der Waals surface area contributed by atoms with Gasteiger partial charge in [0.25, 0.3) is 0 Å². The van der Waals surface area contributed by atoms with Crippen LogP contribution in [0, 0.1) is 5.41 Å². The molecule has 4 nitrogen and oxygen atoms in total. The Morgan fingerprint density at radius 2 is 2.05 bits per heavy atom. The third kappa shape index (κ3) is 3.65. The minimum Gasteiger partial charge on any atom is -0.313 e. The first-order valence-corrected chi connectivity index (χ1v) is 9.18. The highest BCUT2D eigenvalue weighted by atomic mass is 32.2. The van der Waals surface area contributed by atoms with Gasteiger partial charge in [-0.1, -0.05) is 25.5 Å². The van der Waals surface area contributed by atoms with Gasteiger partial charge in [-0.15, -0.1) is 0 Å². The summed E-state index contributed by atoms with van der Waals surface area (Å²) in [6.07, 6.45) is 4.50. The molecule has 5 heteroatoms. The summed E-state index contributed by atoms with van der Waals surface area (Å²) in [5, 5.41) is 3.13. The molecule has 1 aliphatic carbocycles. The summed E-state index contributed by atoms with van der Waals surface area (Å²) >= 11 is 0. The fourth-order valence-electron chi connectivity index (χ4n) is 2.78. The van der Waals surface area contributed by atoms with Crippen LogP contribution in [0.25, 0.3) is 0 Å². The molecule has 1 atom stereocenters. The Morgan fingerprint density at radius 3 is 2.57 bits per heavy atom. The van der Waals surface area contributed by atoms with Crippen molar-refractivity contribution in [1.29, 1.82) is 0 Å². The Hall–Kier alpha value is -0.910. The van der Waals surface area contributed by atoms with Gasteiger partial charge in [0.05, 0.1) is 4.90 Å². The van der Waals surface area contributed by atoms with Crippen LogP contribution in [0.1, 0.15) is 51.1 Å². The Balaban J connectivity index is 2.12. The first-order chi connectivity index (χ1) is 9.92. The summed E-state index contributed by atoms with van der Waals surface area (Å²) in [7, 11) is -1.56. The van der Waals surface area contributed by atoms with E-state index >= 15 is 0 Å². The van der Waals surface area contributed by atoms with E-state index in [4.69, 9.17) is 0 Å². The predicted molar refractivity (Wildman–Crippen MR) is 85.7 cm³/mol. The Bertz CT molecular complexity index is 574. The molecule has 0 heterocycles. The summed E-state index contributed by atoms with van der Waals surface area (Å²) in [6.45, 7) is 4.71. The predicted octanol–water partition coefficient (Wildman–Crippen LogP) is 2.83. The minimum atomic E-state index is -3.42. The fraction of sp³-hybridized carbons (Fsp3) is 0.625. The van der Waals surface area contributed by atoms with E-state index in [1.165, 1.54) is 6.42 Å². The van der Waals surface area contributed by atoms with E-state index in [9.17, 15) is 8.42 Å². The maximum absolute atomic E-state index is 12.5. The third-order valence-corrected chi connectivity index (χ3v) is 6.30. The Labute approximate surface area is 128 Å². The van der Waals surface area contributed by atoms with E-state index in [-0.39, 0.29) is 11.5 Å². The fourth-order valence-corrected chi connectivity index (χ4v) is 3.99. The van der Waals surface area contributed by atoms with Crippen molar-refractivity contribution in [3.63, 3.8) is 0 Å². The lowest BCUT2D eigenvalue weighted by atomic mass is 9.67. The van der Waals surface area contributed by atoms with Gasteiger partial charge in [-0.25, -0.2) is 13.1 Å². The zero-order valence-corrected chi connectivity index (χ0v) is 14.0. The Morgan fingerprint density at radius 1 is 1.33 bits per heavy atom. The molecule has 1 aromatic rings. The maximum atomic E-state index is 12.5. The van der Waals surface area contributed by atoms with Gasteiger partial charge in [0.1, 0.15) is 0 Å². The van der Waals surface area contributed by atoms with Gasteiger partial charge in [0, 0.05) is 12.6 Å². The second kappa shape index (κ2) is 6.46. The van der Waals surface area contributed by atoms with Crippen molar-refractivity contribution in [2.45, 2.75) is 50.5 Å². The SMILES string of the molecule is CCC1(CNS(=O)(=O)c2cccc(C(C)NC)c2)CCC1. The van der Waals surface area contributed by atoms with Crippen molar-refractivity contribution in [3.8, 4) is 0 Å². The molecule has 0 spiro atoms. The lowest BCUT2D eigenvalue weighted by Crippen LogP contribution is -2.41. The second-order valence-electron chi connectivity index (χ2n) is 6.11. The molecule has 0 bridgehead atoms. The summed E-state index contributed by atoms with van der Waals surface area (Å²) in [4.78, 5) is 0.354. The average Bonchev–Trinajstić information content (AvgIpc) is 2.46. The quantitative estimate of drug-likeness (QED) is 0.814. The van der Waals surface area contributed by atoms with Crippen LogP contribution in [-0.2, 0) is 10.0 Å². The molecule has 0 aromatic heterocycles. The van der Waals surface area contributed by atoms with Crippen LogP contribution in [0.4, 0.5) is 0 Å². The molecular formula is C16H26N2O2S. The molecule has 0 aliphatic heterocycles. The van der Waals surface area contributed by atoms with Gasteiger partial charge < -0.3 is 5.32 Å². The maximum Gasteiger partial charge on any atom is 0.240 e. The summed E-state index contributed by atoms with van der Waals surface area (Å²) < 4.78 is 27.7. The topological polar surface area (TPSA) is 58.2 Å². The molecule has 1 aromatic carbocycles. The van der Waals surface area contributed by atoms with E-state index in [0.717, 1.165) is 24.8 Å². The lowest BCUT2D eigenvalue weighted by Gasteiger charge is -2.41. The van der Waals surface area contributed by atoms with E-state index in [2.05, 4.69) is 17.0 Å². The summed E-state index contributed by atoms with van der Waals surface area (Å²) in [6, 6.07) is 7.29. The van der Waals surface area contributed by atoms with Gasteiger partial charge in [-0.05, 0) is 56.3 Å². The Kier molecular flexibility index (Phi) is 5.07. The smallest absolute Gasteiger partial charge is 0.240 e. The number of benzene rings is 1. The van der Waals surface area contributed by atoms with Crippen molar-refractivity contribution in [3.05, 3.63) is 29.8 Å². The zero-order chi connectivity index (χ0) is 15.5. The molecule has 1 fully saturated rings. The number of rotatable bonds is 7. The highest BCUT2D eigenvalue weighted by Crippen LogP contribution is 2.43. The molecule has 1 saturated carbocycles. The average molecular weight is 310 g/mol. The summed E-state index contributed by atoms with van der Waals surface area (Å²) in [5.41, 5.74) is 1.16. The van der Waals surface area contributed by atoms with Crippen LogP contribution < -0.4 is 10.0 Å². The number of nitrogens with one attached hydrogen (secondary N) is 2. The highest BCUT2D eigenvalue weighted by Gasteiger charge is 2.36.